The third-order valence-electron chi connectivity index (χ3n) is 4.32. The van der Waals surface area contributed by atoms with E-state index in [9.17, 15) is 0 Å². The maximum Gasteiger partial charge on any atom is 0.132 e. The molecule has 0 amide bonds. The third-order valence-corrected chi connectivity index (χ3v) is 4.32. The number of rotatable bonds is 4. The van der Waals surface area contributed by atoms with Crippen molar-refractivity contribution in [2.24, 2.45) is 0 Å². The minimum Gasteiger partial charge on any atom is -0.370 e. The fourth-order valence-corrected chi connectivity index (χ4v) is 3.22. The van der Waals surface area contributed by atoms with E-state index in [1.807, 2.05) is 0 Å². The van der Waals surface area contributed by atoms with Gasteiger partial charge in [0.1, 0.15) is 12.1 Å². The van der Waals surface area contributed by atoms with Crippen molar-refractivity contribution in [1.29, 1.82) is 0 Å². The summed E-state index contributed by atoms with van der Waals surface area (Å²) in [5.41, 5.74) is 2.65. The molecule has 0 bridgehead atoms. The van der Waals surface area contributed by atoms with Gasteiger partial charge in [-0.25, -0.2) is 9.97 Å². The molecular weight excluding hydrogens is 236 g/mol. The summed E-state index contributed by atoms with van der Waals surface area (Å²) in [4.78, 5) is 8.92. The van der Waals surface area contributed by atoms with Crippen molar-refractivity contribution in [3.8, 4) is 0 Å². The smallest absolute Gasteiger partial charge is 0.132 e. The lowest BCUT2D eigenvalue weighted by molar-refractivity contribution is 0.574. The van der Waals surface area contributed by atoms with Crippen molar-refractivity contribution in [3.63, 3.8) is 0 Å². The van der Waals surface area contributed by atoms with Crippen molar-refractivity contribution in [1.82, 2.24) is 15.3 Å². The Kier molecular flexibility index (Phi) is 4.28. The summed E-state index contributed by atoms with van der Waals surface area (Å²) in [5.74, 6) is 1.09. The van der Waals surface area contributed by atoms with Gasteiger partial charge in [0.25, 0.3) is 0 Å². The Bertz CT molecular complexity index is 413. The molecule has 4 nitrogen and oxygen atoms in total. The third kappa shape index (κ3) is 3.24. The van der Waals surface area contributed by atoms with Gasteiger partial charge in [-0.3, -0.25) is 0 Å². The number of hydrogen-bond donors (Lipinski definition) is 2. The number of aryl methyl sites for hydroxylation is 1. The first-order chi connectivity index (χ1) is 9.43. The first-order valence-corrected chi connectivity index (χ1v) is 7.73. The first kappa shape index (κ1) is 12.9. The molecule has 19 heavy (non-hydrogen) atoms. The molecule has 2 aliphatic rings. The highest BCUT2D eigenvalue weighted by molar-refractivity contribution is 5.46. The topological polar surface area (TPSA) is 49.8 Å². The molecule has 0 saturated carbocycles. The summed E-state index contributed by atoms with van der Waals surface area (Å²) in [7, 11) is 0. The van der Waals surface area contributed by atoms with Gasteiger partial charge in [0.15, 0.2) is 0 Å². The van der Waals surface area contributed by atoms with E-state index in [1.54, 1.807) is 6.33 Å². The van der Waals surface area contributed by atoms with Crippen LogP contribution >= 0.6 is 0 Å². The van der Waals surface area contributed by atoms with Crippen LogP contribution in [0.4, 0.5) is 5.82 Å². The SMILES string of the molecule is c1nc2c(c(NCC[C@@H]3CCCN3)n1)CCCCC2. The standard InChI is InChI=1S/C15H24N4/c1-2-6-13-14(7-3-1)18-11-19-15(13)17-10-8-12-5-4-9-16-12/h11-12,16H,1-10H2,(H,17,18,19)/t12-/m0/s1. The van der Waals surface area contributed by atoms with Gasteiger partial charge in [-0.05, 0) is 51.5 Å². The molecule has 2 heterocycles. The number of nitrogens with one attached hydrogen (secondary N) is 2. The average molecular weight is 260 g/mol. The zero-order chi connectivity index (χ0) is 12.9. The molecular formula is C15H24N4. The molecule has 0 radical (unpaired) electrons. The van der Waals surface area contributed by atoms with Crippen molar-refractivity contribution < 1.29 is 0 Å². The normalized spacial score (nSPS) is 22.8. The molecule has 3 rings (SSSR count). The van der Waals surface area contributed by atoms with Crippen LogP contribution in [0.25, 0.3) is 0 Å². The van der Waals surface area contributed by atoms with Gasteiger partial charge >= 0.3 is 0 Å². The van der Waals surface area contributed by atoms with Gasteiger partial charge < -0.3 is 10.6 Å². The van der Waals surface area contributed by atoms with E-state index < -0.39 is 0 Å². The van der Waals surface area contributed by atoms with Crippen LogP contribution in [0.15, 0.2) is 6.33 Å². The highest BCUT2D eigenvalue weighted by Crippen LogP contribution is 2.23. The molecule has 1 atom stereocenters. The summed E-state index contributed by atoms with van der Waals surface area (Å²) >= 11 is 0. The number of hydrogen-bond acceptors (Lipinski definition) is 4. The molecule has 0 aromatic carbocycles. The minimum absolute atomic E-state index is 0.702. The number of anilines is 1. The van der Waals surface area contributed by atoms with Crippen LogP contribution in [0.1, 0.15) is 49.8 Å². The molecule has 1 saturated heterocycles. The molecule has 1 aliphatic heterocycles. The predicted octanol–water partition coefficient (Wildman–Crippen LogP) is 2.30. The van der Waals surface area contributed by atoms with Crippen LogP contribution < -0.4 is 10.6 Å². The Morgan fingerprint density at radius 1 is 1.16 bits per heavy atom. The summed E-state index contributed by atoms with van der Waals surface area (Å²) < 4.78 is 0. The maximum absolute atomic E-state index is 4.46. The van der Waals surface area contributed by atoms with Crippen LogP contribution in [0.2, 0.25) is 0 Å². The molecule has 1 aliphatic carbocycles. The van der Waals surface area contributed by atoms with Crippen LogP contribution in [0.5, 0.6) is 0 Å². The van der Waals surface area contributed by atoms with E-state index >= 15 is 0 Å². The van der Waals surface area contributed by atoms with Gasteiger partial charge in [0.05, 0.1) is 0 Å². The van der Waals surface area contributed by atoms with E-state index in [1.165, 1.54) is 56.3 Å². The molecule has 1 fully saturated rings. The molecule has 1 aromatic rings. The Labute approximate surface area is 115 Å². The van der Waals surface area contributed by atoms with Crippen molar-refractivity contribution in [2.75, 3.05) is 18.4 Å². The summed E-state index contributed by atoms with van der Waals surface area (Å²) in [6.07, 6.45) is 11.7. The zero-order valence-corrected chi connectivity index (χ0v) is 11.6. The average Bonchev–Trinajstić information content (AvgIpc) is 2.82. The quantitative estimate of drug-likeness (QED) is 0.816. The Hall–Kier alpha value is -1.16. The van der Waals surface area contributed by atoms with E-state index in [0.717, 1.165) is 25.2 Å². The number of aromatic nitrogens is 2. The van der Waals surface area contributed by atoms with Crippen LogP contribution in [-0.2, 0) is 12.8 Å². The number of fused-ring (bicyclic) bond motifs is 1. The summed E-state index contributed by atoms with van der Waals surface area (Å²) in [6.45, 7) is 2.20. The van der Waals surface area contributed by atoms with E-state index in [2.05, 4.69) is 20.6 Å². The second-order valence-corrected chi connectivity index (χ2v) is 5.72. The van der Waals surface area contributed by atoms with E-state index in [-0.39, 0.29) is 0 Å². The fraction of sp³-hybridized carbons (Fsp3) is 0.733. The highest BCUT2D eigenvalue weighted by Gasteiger charge is 2.16. The van der Waals surface area contributed by atoms with Gasteiger partial charge in [-0.1, -0.05) is 6.42 Å². The van der Waals surface area contributed by atoms with Gasteiger partial charge in [-0.2, -0.15) is 0 Å². The van der Waals surface area contributed by atoms with Crippen molar-refractivity contribution >= 4 is 5.82 Å². The second-order valence-electron chi connectivity index (χ2n) is 5.72. The van der Waals surface area contributed by atoms with Gasteiger partial charge in [0, 0.05) is 23.8 Å². The van der Waals surface area contributed by atoms with E-state index in [4.69, 9.17) is 0 Å². The maximum atomic E-state index is 4.46. The molecule has 2 N–H and O–H groups in total. The van der Waals surface area contributed by atoms with Gasteiger partial charge in [-0.15, -0.1) is 0 Å². The van der Waals surface area contributed by atoms with Crippen molar-refractivity contribution in [3.05, 3.63) is 17.6 Å². The summed E-state index contributed by atoms with van der Waals surface area (Å²) in [5, 5.41) is 7.08. The molecule has 104 valence electrons. The lowest BCUT2D eigenvalue weighted by Crippen LogP contribution is -2.24. The Morgan fingerprint density at radius 3 is 3.00 bits per heavy atom. The molecule has 4 heteroatoms. The van der Waals surface area contributed by atoms with E-state index in [0.29, 0.717) is 6.04 Å². The fourth-order valence-electron chi connectivity index (χ4n) is 3.22. The Balaban J connectivity index is 1.60. The first-order valence-electron chi connectivity index (χ1n) is 7.73. The second kappa shape index (κ2) is 6.33. The molecule has 0 spiro atoms. The number of nitrogens with zero attached hydrogens (tertiary/aromatic N) is 2. The van der Waals surface area contributed by atoms with Crippen LogP contribution in [0, 0.1) is 0 Å². The largest absolute Gasteiger partial charge is 0.370 e. The van der Waals surface area contributed by atoms with Gasteiger partial charge in [0.2, 0.25) is 0 Å². The lowest BCUT2D eigenvalue weighted by atomic mass is 10.1. The monoisotopic (exact) mass is 260 g/mol. The minimum atomic E-state index is 0.702. The Morgan fingerprint density at radius 2 is 2.11 bits per heavy atom. The predicted molar refractivity (Wildman–Crippen MR) is 77.4 cm³/mol. The zero-order valence-electron chi connectivity index (χ0n) is 11.6. The highest BCUT2D eigenvalue weighted by atomic mass is 15.0. The van der Waals surface area contributed by atoms with Crippen LogP contribution in [-0.4, -0.2) is 29.1 Å². The molecule has 1 aromatic heterocycles. The van der Waals surface area contributed by atoms with Crippen LogP contribution in [0.3, 0.4) is 0 Å². The lowest BCUT2D eigenvalue weighted by Gasteiger charge is -2.14. The summed E-state index contributed by atoms with van der Waals surface area (Å²) in [6, 6.07) is 0.702. The van der Waals surface area contributed by atoms with Crippen molar-refractivity contribution in [2.45, 2.75) is 57.4 Å². The molecule has 0 unspecified atom stereocenters.